The standard InChI is InChI=1S/C35H37F3N8O3.C6H6O3S/c1-39-25-8-10-27(11-9-25)44-29(12-17-40-44)31-30(34(49)45(42(31)2)28-7-5-6-24(22-28)35(36,37)38)32(47)41-26-13-18-43(19-14-26)33(48)23-15-20-46(3,4)21-16-23;7-10(8,9)6-4-2-1-3-5-6/h5-12,17,22-23,26H,13-16,18-21H2,2-4H3;1-5H,(H,7,8,9). The molecule has 2 aromatic heterocycles. The summed E-state index contributed by atoms with van der Waals surface area (Å²) in [7, 11) is 1.59. The van der Waals surface area contributed by atoms with Crippen molar-refractivity contribution in [3.05, 3.63) is 124 Å². The van der Waals surface area contributed by atoms with E-state index < -0.39 is 33.3 Å². The molecule has 0 spiro atoms. The fourth-order valence-electron chi connectivity index (χ4n) is 7.43. The Morgan fingerprint density at radius 2 is 1.56 bits per heavy atom. The molecule has 18 heteroatoms. The van der Waals surface area contributed by atoms with E-state index in [1.165, 1.54) is 59.0 Å². The van der Waals surface area contributed by atoms with E-state index in [1.54, 1.807) is 36.4 Å². The largest absolute Gasteiger partial charge is 0.744 e. The fraction of sp³-hybridized carbons (Fsp3) is 0.341. The Balaban J connectivity index is 0.000000512. The molecule has 14 nitrogen and oxygen atoms in total. The summed E-state index contributed by atoms with van der Waals surface area (Å²) in [5.41, 5.74) is -0.582. The van der Waals surface area contributed by atoms with Crippen LogP contribution in [-0.2, 0) is 28.1 Å². The van der Waals surface area contributed by atoms with E-state index in [1.807, 2.05) is 4.90 Å². The first-order valence-corrected chi connectivity index (χ1v) is 20.2. The number of alkyl halides is 3. The Labute approximate surface area is 339 Å². The molecule has 0 radical (unpaired) electrons. The zero-order valence-electron chi connectivity index (χ0n) is 32.6. The van der Waals surface area contributed by atoms with Crippen molar-refractivity contribution in [2.45, 2.75) is 42.8 Å². The minimum absolute atomic E-state index is 0.000838. The summed E-state index contributed by atoms with van der Waals surface area (Å²) in [6.45, 7) is 10.1. The van der Waals surface area contributed by atoms with E-state index >= 15 is 0 Å². The van der Waals surface area contributed by atoms with Crippen molar-refractivity contribution < 1.29 is 40.2 Å². The van der Waals surface area contributed by atoms with Gasteiger partial charge in [-0.2, -0.15) is 18.3 Å². The highest BCUT2D eigenvalue weighted by Gasteiger charge is 2.36. The molecule has 2 aliphatic heterocycles. The fourth-order valence-corrected chi connectivity index (χ4v) is 7.92. The molecular weight excluding hydrogens is 790 g/mol. The van der Waals surface area contributed by atoms with Gasteiger partial charge in [0.15, 0.2) is 5.69 Å². The lowest BCUT2D eigenvalue weighted by molar-refractivity contribution is -0.895. The number of halogens is 3. The Bertz CT molecular complexity index is 2520. The molecule has 2 amide bonds. The summed E-state index contributed by atoms with van der Waals surface area (Å²) in [6, 6.07) is 19.4. The van der Waals surface area contributed by atoms with Gasteiger partial charge in [-0.05, 0) is 61.4 Å². The van der Waals surface area contributed by atoms with E-state index in [0.29, 0.717) is 43.0 Å². The lowest BCUT2D eigenvalue weighted by Gasteiger charge is -2.39. The number of nitrogens with one attached hydrogen (secondary N) is 1. The van der Waals surface area contributed by atoms with Gasteiger partial charge in [0.05, 0.1) is 67.5 Å². The lowest BCUT2D eigenvalue weighted by atomic mass is 9.93. The van der Waals surface area contributed by atoms with Crippen molar-refractivity contribution in [1.29, 1.82) is 0 Å². The van der Waals surface area contributed by atoms with Crippen LogP contribution in [0.15, 0.2) is 101 Å². The number of aromatic nitrogens is 4. The molecule has 59 heavy (non-hydrogen) atoms. The van der Waals surface area contributed by atoms with E-state index in [4.69, 9.17) is 6.57 Å². The van der Waals surface area contributed by atoms with Crippen molar-refractivity contribution in [3.63, 3.8) is 0 Å². The Hall–Kier alpha value is -6.03. The highest BCUT2D eigenvalue weighted by molar-refractivity contribution is 7.85. The van der Waals surface area contributed by atoms with Gasteiger partial charge in [-0.3, -0.25) is 19.1 Å². The molecule has 2 aliphatic rings. The molecule has 1 N–H and O–H groups in total. The van der Waals surface area contributed by atoms with Gasteiger partial charge in [0.2, 0.25) is 5.91 Å². The van der Waals surface area contributed by atoms with Crippen LogP contribution in [0.2, 0.25) is 0 Å². The predicted octanol–water partition coefficient (Wildman–Crippen LogP) is 5.40. The van der Waals surface area contributed by atoms with Crippen molar-refractivity contribution in [1.82, 2.24) is 29.4 Å². The summed E-state index contributed by atoms with van der Waals surface area (Å²) < 4.78 is 76.7. The van der Waals surface area contributed by atoms with Crippen LogP contribution >= 0.6 is 0 Å². The normalized spacial score (nSPS) is 16.1. The monoisotopic (exact) mass is 832 g/mol. The number of carbonyl (C=O) groups is 2. The van der Waals surface area contributed by atoms with Gasteiger partial charge in [0.25, 0.3) is 11.5 Å². The molecule has 0 aliphatic carbocycles. The van der Waals surface area contributed by atoms with Crippen LogP contribution in [0, 0.1) is 12.5 Å². The lowest BCUT2D eigenvalue weighted by Crippen LogP contribution is -2.52. The molecule has 4 heterocycles. The quantitative estimate of drug-likeness (QED) is 0.131. The maximum absolute atomic E-state index is 14.1. The minimum atomic E-state index is -4.65. The van der Waals surface area contributed by atoms with Crippen LogP contribution in [-0.4, -0.2) is 99.6 Å². The van der Waals surface area contributed by atoms with Gasteiger partial charge in [-0.1, -0.05) is 36.4 Å². The van der Waals surface area contributed by atoms with Gasteiger partial charge < -0.3 is 19.3 Å². The van der Waals surface area contributed by atoms with Crippen LogP contribution in [0.5, 0.6) is 0 Å². The summed E-state index contributed by atoms with van der Waals surface area (Å²) in [4.78, 5) is 46.6. The smallest absolute Gasteiger partial charge is 0.416 e. The Morgan fingerprint density at radius 1 is 0.915 bits per heavy atom. The average Bonchev–Trinajstić information content (AvgIpc) is 3.79. The number of benzene rings is 3. The zero-order valence-corrected chi connectivity index (χ0v) is 33.4. The van der Waals surface area contributed by atoms with Crippen molar-refractivity contribution >= 4 is 27.6 Å². The van der Waals surface area contributed by atoms with Crippen LogP contribution in [0.1, 0.15) is 41.6 Å². The molecular formula is C41H43F3N8O6S. The number of piperidine rings is 2. The molecule has 3 aromatic carbocycles. The number of carbonyl (C=O) groups excluding carboxylic acids is 2. The second-order valence-electron chi connectivity index (χ2n) is 15.2. The number of rotatable bonds is 7. The third-order valence-corrected chi connectivity index (χ3v) is 11.6. The number of hydrogen-bond donors (Lipinski definition) is 1. The number of likely N-dealkylation sites (tertiary alicyclic amines) is 2. The Kier molecular flexibility index (Phi) is 12.3. The third kappa shape index (κ3) is 9.65. The summed E-state index contributed by atoms with van der Waals surface area (Å²) in [5.74, 6) is -0.521. The molecule has 7 rings (SSSR count). The van der Waals surface area contributed by atoms with E-state index in [9.17, 15) is 40.5 Å². The molecule has 310 valence electrons. The summed E-state index contributed by atoms with van der Waals surface area (Å²) in [5, 5.41) is 7.38. The van der Waals surface area contributed by atoms with Gasteiger partial charge in [-0.25, -0.2) is 22.6 Å². The number of quaternary nitrogens is 1. The summed E-state index contributed by atoms with van der Waals surface area (Å²) >= 11 is 0. The molecule has 0 unspecified atom stereocenters. The first-order valence-electron chi connectivity index (χ1n) is 18.8. The highest BCUT2D eigenvalue weighted by Crippen LogP contribution is 2.32. The van der Waals surface area contributed by atoms with Crippen molar-refractivity contribution in [2.75, 3.05) is 40.3 Å². The van der Waals surface area contributed by atoms with Crippen LogP contribution in [0.4, 0.5) is 18.9 Å². The second-order valence-corrected chi connectivity index (χ2v) is 16.5. The van der Waals surface area contributed by atoms with E-state index in [2.05, 4.69) is 29.4 Å². The van der Waals surface area contributed by atoms with Crippen LogP contribution in [0.3, 0.4) is 0 Å². The highest BCUT2D eigenvalue weighted by atomic mass is 32.2. The van der Waals surface area contributed by atoms with Gasteiger partial charge in [0.1, 0.15) is 21.4 Å². The predicted molar refractivity (Wildman–Crippen MR) is 211 cm³/mol. The van der Waals surface area contributed by atoms with E-state index in [-0.39, 0.29) is 39.7 Å². The molecule has 2 saturated heterocycles. The van der Waals surface area contributed by atoms with Crippen LogP contribution < -0.4 is 10.9 Å². The van der Waals surface area contributed by atoms with Gasteiger partial charge >= 0.3 is 6.18 Å². The summed E-state index contributed by atoms with van der Waals surface area (Å²) in [6.07, 6.45) is -0.463. The van der Waals surface area contributed by atoms with Crippen molar-refractivity contribution in [2.24, 2.45) is 13.0 Å². The topological polar surface area (TPSA) is 156 Å². The number of amides is 2. The average molecular weight is 833 g/mol. The number of nitrogens with zero attached hydrogens (tertiary/aromatic N) is 7. The first-order chi connectivity index (χ1) is 27.9. The maximum atomic E-state index is 14.1. The minimum Gasteiger partial charge on any atom is -0.744 e. The SMILES string of the molecule is O=S(=O)([O-])c1ccccc1.[C-]#[N+]c1ccc(-n2nccc2-c2c(C(=O)NC3CCN(C(=O)C4CC[N+](C)(C)CC4)CC3)c(=O)n(-c3cccc(C(F)(F)F)c3)n2C)cc1. The number of hydrogen-bond acceptors (Lipinski definition) is 7. The molecule has 0 saturated carbocycles. The van der Waals surface area contributed by atoms with E-state index in [0.717, 1.165) is 47.2 Å². The molecule has 0 atom stereocenters. The van der Waals surface area contributed by atoms with Crippen molar-refractivity contribution in [3.8, 4) is 22.8 Å². The van der Waals surface area contributed by atoms with Gasteiger partial charge in [-0.15, -0.1) is 0 Å². The Morgan fingerprint density at radius 3 is 2.14 bits per heavy atom. The van der Waals surface area contributed by atoms with Gasteiger partial charge in [0, 0.05) is 44.9 Å². The third-order valence-electron chi connectivity index (χ3n) is 10.7. The first kappa shape index (κ1) is 42.6. The molecule has 0 bridgehead atoms. The second kappa shape index (κ2) is 17.1. The maximum Gasteiger partial charge on any atom is 0.416 e. The zero-order chi connectivity index (χ0) is 42.7. The molecule has 5 aromatic rings. The van der Waals surface area contributed by atoms with Crippen LogP contribution in [0.25, 0.3) is 27.6 Å². The molecule has 2 fully saturated rings.